The van der Waals surface area contributed by atoms with Gasteiger partial charge in [-0.25, -0.2) is 9.37 Å². The van der Waals surface area contributed by atoms with E-state index in [1.165, 1.54) is 12.3 Å². The summed E-state index contributed by atoms with van der Waals surface area (Å²) in [5.41, 5.74) is 5.41. The van der Waals surface area contributed by atoms with E-state index in [0.717, 1.165) is 12.2 Å². The number of hydrogen-bond acceptors (Lipinski definition) is 4. The molecule has 2 heterocycles. The summed E-state index contributed by atoms with van der Waals surface area (Å²) in [5, 5.41) is 0. The second kappa shape index (κ2) is 5.36. The molecule has 0 radical (unpaired) electrons. The summed E-state index contributed by atoms with van der Waals surface area (Å²) in [4.78, 5) is 17.7. The van der Waals surface area contributed by atoms with Crippen molar-refractivity contribution in [2.75, 3.05) is 24.6 Å². The molecule has 1 aromatic rings. The van der Waals surface area contributed by atoms with E-state index in [1.807, 2.05) is 11.8 Å². The molecule has 104 valence electrons. The summed E-state index contributed by atoms with van der Waals surface area (Å²) >= 11 is 1.84. The van der Waals surface area contributed by atoms with Gasteiger partial charge in [0.25, 0.3) is 5.91 Å². The molecular formula is C13H18FN3OS. The predicted octanol–water partition coefficient (Wildman–Crippen LogP) is 2.16. The zero-order valence-corrected chi connectivity index (χ0v) is 12.0. The lowest BCUT2D eigenvalue weighted by Gasteiger charge is -2.23. The molecule has 1 amide bonds. The number of rotatable bonds is 1. The van der Waals surface area contributed by atoms with Crippen molar-refractivity contribution in [2.24, 2.45) is 0 Å². The molecule has 1 saturated heterocycles. The average Bonchev–Trinajstić information content (AvgIpc) is 2.53. The van der Waals surface area contributed by atoms with Gasteiger partial charge < -0.3 is 10.6 Å². The van der Waals surface area contributed by atoms with Crippen LogP contribution >= 0.6 is 11.8 Å². The second-order valence-corrected chi connectivity index (χ2v) is 7.01. The van der Waals surface area contributed by atoms with Gasteiger partial charge >= 0.3 is 0 Å². The summed E-state index contributed by atoms with van der Waals surface area (Å²) in [6.45, 7) is 5.60. The van der Waals surface area contributed by atoms with Crippen molar-refractivity contribution in [3.8, 4) is 0 Å². The smallest absolute Gasteiger partial charge is 0.257 e. The molecule has 0 bridgehead atoms. The number of nitrogens with zero attached hydrogens (tertiary/aromatic N) is 2. The van der Waals surface area contributed by atoms with E-state index in [4.69, 9.17) is 5.73 Å². The van der Waals surface area contributed by atoms with E-state index < -0.39 is 5.82 Å². The third kappa shape index (κ3) is 3.18. The van der Waals surface area contributed by atoms with Gasteiger partial charge in [-0.1, -0.05) is 13.8 Å². The number of pyridine rings is 1. The van der Waals surface area contributed by atoms with Crippen molar-refractivity contribution < 1.29 is 9.18 Å². The SMILES string of the molecule is CC1(C)CCN(C(=O)c2ccnc(N)c2F)CCS1. The first-order valence-corrected chi connectivity index (χ1v) is 7.22. The van der Waals surface area contributed by atoms with Gasteiger partial charge in [0.2, 0.25) is 0 Å². The lowest BCUT2D eigenvalue weighted by atomic mass is 10.1. The molecule has 2 rings (SSSR count). The standard InChI is InChI=1S/C13H18FN3OS/c1-13(2)4-6-17(7-8-19-13)12(18)9-3-5-16-11(15)10(9)14/h3,5H,4,6-8H2,1-2H3,(H2,15,16). The molecule has 4 nitrogen and oxygen atoms in total. The van der Waals surface area contributed by atoms with Gasteiger partial charge in [0.1, 0.15) is 0 Å². The van der Waals surface area contributed by atoms with Gasteiger partial charge in [-0.05, 0) is 12.5 Å². The van der Waals surface area contributed by atoms with Crippen LogP contribution in [0.5, 0.6) is 0 Å². The molecular weight excluding hydrogens is 265 g/mol. The number of aromatic nitrogens is 1. The maximum Gasteiger partial charge on any atom is 0.257 e. The van der Waals surface area contributed by atoms with Crippen molar-refractivity contribution in [3.63, 3.8) is 0 Å². The van der Waals surface area contributed by atoms with Gasteiger partial charge in [0.05, 0.1) is 5.56 Å². The zero-order chi connectivity index (χ0) is 14.0. The number of anilines is 1. The number of nitrogens with two attached hydrogens (primary N) is 1. The molecule has 1 aromatic heterocycles. The van der Waals surface area contributed by atoms with Crippen molar-refractivity contribution >= 4 is 23.5 Å². The average molecular weight is 283 g/mol. The highest BCUT2D eigenvalue weighted by atomic mass is 32.2. The Hall–Kier alpha value is -1.30. The first-order chi connectivity index (χ1) is 8.91. The van der Waals surface area contributed by atoms with Crippen molar-refractivity contribution in [2.45, 2.75) is 25.0 Å². The van der Waals surface area contributed by atoms with Gasteiger partial charge in [0.15, 0.2) is 11.6 Å². The Morgan fingerprint density at radius 2 is 2.26 bits per heavy atom. The van der Waals surface area contributed by atoms with E-state index in [9.17, 15) is 9.18 Å². The largest absolute Gasteiger partial charge is 0.381 e. The zero-order valence-electron chi connectivity index (χ0n) is 11.1. The van der Waals surface area contributed by atoms with Gasteiger partial charge in [-0.3, -0.25) is 4.79 Å². The molecule has 1 aliphatic rings. The molecule has 0 atom stereocenters. The number of amides is 1. The Balaban J connectivity index is 2.18. The minimum Gasteiger partial charge on any atom is -0.381 e. The molecule has 19 heavy (non-hydrogen) atoms. The van der Waals surface area contributed by atoms with E-state index >= 15 is 0 Å². The molecule has 0 aliphatic carbocycles. The Kier molecular flexibility index (Phi) is 3.99. The normalized spacial score (nSPS) is 19.0. The topological polar surface area (TPSA) is 59.2 Å². The van der Waals surface area contributed by atoms with Crippen LogP contribution in [-0.2, 0) is 0 Å². The number of hydrogen-bond donors (Lipinski definition) is 1. The Morgan fingerprint density at radius 1 is 1.53 bits per heavy atom. The maximum absolute atomic E-state index is 13.8. The van der Waals surface area contributed by atoms with Crippen LogP contribution in [0.15, 0.2) is 12.3 Å². The van der Waals surface area contributed by atoms with Crippen molar-refractivity contribution in [1.82, 2.24) is 9.88 Å². The fourth-order valence-corrected chi connectivity index (χ4v) is 3.12. The highest BCUT2D eigenvalue weighted by molar-refractivity contribution is 8.00. The maximum atomic E-state index is 13.8. The van der Waals surface area contributed by atoms with Gasteiger partial charge in [0, 0.05) is 29.8 Å². The van der Waals surface area contributed by atoms with Crippen LogP contribution in [0.1, 0.15) is 30.6 Å². The Bertz CT molecular complexity index is 493. The van der Waals surface area contributed by atoms with Gasteiger partial charge in [-0.15, -0.1) is 0 Å². The lowest BCUT2D eigenvalue weighted by Crippen LogP contribution is -2.34. The van der Waals surface area contributed by atoms with E-state index in [2.05, 4.69) is 18.8 Å². The lowest BCUT2D eigenvalue weighted by molar-refractivity contribution is 0.0760. The van der Waals surface area contributed by atoms with Crippen molar-refractivity contribution in [3.05, 3.63) is 23.6 Å². The third-order valence-corrected chi connectivity index (χ3v) is 4.64. The monoisotopic (exact) mass is 283 g/mol. The third-order valence-electron chi connectivity index (χ3n) is 3.27. The summed E-state index contributed by atoms with van der Waals surface area (Å²) < 4.78 is 14.0. The molecule has 0 unspecified atom stereocenters. The summed E-state index contributed by atoms with van der Waals surface area (Å²) in [5.74, 6) is -0.384. The fraction of sp³-hybridized carbons (Fsp3) is 0.538. The number of carbonyl (C=O) groups is 1. The molecule has 0 aromatic carbocycles. The molecule has 0 saturated carbocycles. The number of halogens is 1. The van der Waals surface area contributed by atoms with Crippen LogP contribution < -0.4 is 5.73 Å². The molecule has 2 N–H and O–H groups in total. The molecule has 6 heteroatoms. The first kappa shape index (κ1) is 14.1. The predicted molar refractivity (Wildman–Crippen MR) is 75.7 cm³/mol. The van der Waals surface area contributed by atoms with E-state index in [0.29, 0.717) is 13.1 Å². The van der Waals surface area contributed by atoms with Gasteiger partial charge in [-0.2, -0.15) is 11.8 Å². The molecule has 1 aliphatic heterocycles. The summed E-state index contributed by atoms with van der Waals surface area (Å²) in [6, 6.07) is 1.39. The van der Waals surface area contributed by atoms with Crippen LogP contribution in [0.4, 0.5) is 10.2 Å². The highest BCUT2D eigenvalue weighted by Gasteiger charge is 2.27. The fourth-order valence-electron chi connectivity index (χ4n) is 2.02. The summed E-state index contributed by atoms with van der Waals surface area (Å²) in [6.07, 6.45) is 2.26. The van der Waals surface area contributed by atoms with E-state index in [1.54, 1.807) is 4.90 Å². The van der Waals surface area contributed by atoms with Crippen LogP contribution in [0.3, 0.4) is 0 Å². The number of carbonyl (C=O) groups excluding carboxylic acids is 1. The Labute approximate surface area is 116 Å². The minimum atomic E-state index is -0.719. The molecule has 0 spiro atoms. The minimum absolute atomic E-state index is 0.0113. The second-order valence-electron chi connectivity index (χ2n) is 5.21. The van der Waals surface area contributed by atoms with Crippen LogP contribution in [0.25, 0.3) is 0 Å². The number of nitrogen functional groups attached to an aromatic ring is 1. The summed E-state index contributed by atoms with van der Waals surface area (Å²) in [7, 11) is 0. The van der Waals surface area contributed by atoms with Crippen LogP contribution in [-0.4, -0.2) is 39.4 Å². The Morgan fingerprint density at radius 3 is 3.00 bits per heavy atom. The van der Waals surface area contributed by atoms with Crippen molar-refractivity contribution in [1.29, 1.82) is 0 Å². The highest BCUT2D eigenvalue weighted by Crippen LogP contribution is 2.31. The first-order valence-electron chi connectivity index (χ1n) is 6.24. The number of thioether (sulfide) groups is 1. The van der Waals surface area contributed by atoms with Crippen LogP contribution in [0.2, 0.25) is 0 Å². The molecule has 1 fully saturated rings. The quantitative estimate of drug-likeness (QED) is 0.858. The van der Waals surface area contributed by atoms with Crippen LogP contribution in [0, 0.1) is 5.82 Å². The van der Waals surface area contributed by atoms with E-state index in [-0.39, 0.29) is 22.0 Å².